The highest BCUT2D eigenvalue weighted by Gasteiger charge is 2.32. The predicted molar refractivity (Wildman–Crippen MR) is 76.2 cm³/mol. The molecule has 2 N–H and O–H groups in total. The van der Waals surface area contributed by atoms with Crippen molar-refractivity contribution in [1.82, 2.24) is 4.90 Å². The molecule has 1 saturated heterocycles. The number of hydrogen-bond acceptors (Lipinski definition) is 4. The molecule has 1 fully saturated rings. The van der Waals surface area contributed by atoms with Gasteiger partial charge >= 0.3 is 5.97 Å². The molecule has 0 bridgehead atoms. The first-order valence-corrected chi connectivity index (χ1v) is 6.81. The lowest BCUT2D eigenvalue weighted by molar-refractivity contribution is -0.147. The first kappa shape index (κ1) is 14.5. The molecule has 5 heteroatoms. The molecule has 1 heterocycles. The first-order valence-electron chi connectivity index (χ1n) is 6.81. The summed E-state index contributed by atoms with van der Waals surface area (Å²) in [7, 11) is 0. The number of likely N-dealkylation sites (tertiary alicyclic amines) is 1. The molecule has 1 aliphatic heterocycles. The number of oxime groups is 1. The lowest BCUT2D eigenvalue weighted by atomic mass is 9.96. The summed E-state index contributed by atoms with van der Waals surface area (Å²) in [6.07, 6.45) is 0.901. The summed E-state index contributed by atoms with van der Waals surface area (Å²) in [5, 5.41) is 20.9. The number of carboxylic acid groups (broad SMARTS) is 1. The Morgan fingerprint density at radius 3 is 2.65 bits per heavy atom. The molecule has 5 nitrogen and oxygen atoms in total. The van der Waals surface area contributed by atoms with Crippen LogP contribution in [0.3, 0.4) is 0 Å². The molecule has 0 amide bonds. The van der Waals surface area contributed by atoms with Crippen LogP contribution in [0, 0.1) is 5.92 Å². The smallest absolute Gasteiger partial charge is 0.309 e. The van der Waals surface area contributed by atoms with E-state index in [4.69, 9.17) is 10.3 Å². The Morgan fingerprint density at radius 2 is 2.10 bits per heavy atom. The van der Waals surface area contributed by atoms with Crippen molar-refractivity contribution in [3.63, 3.8) is 0 Å². The van der Waals surface area contributed by atoms with Crippen molar-refractivity contribution in [3.05, 3.63) is 34.9 Å². The van der Waals surface area contributed by atoms with Crippen LogP contribution in [0.25, 0.3) is 0 Å². The summed E-state index contributed by atoms with van der Waals surface area (Å²) in [5.41, 5.74) is 3.94. The molecule has 1 aromatic rings. The Labute approximate surface area is 118 Å². The number of carboxylic acids is 1. The minimum atomic E-state index is -0.706. The molecule has 0 saturated carbocycles. The van der Waals surface area contributed by atoms with Gasteiger partial charge in [0, 0.05) is 19.6 Å². The number of aryl methyl sites for hydroxylation is 1. The molecular weight excluding hydrogens is 256 g/mol. The van der Waals surface area contributed by atoms with Gasteiger partial charge in [0.2, 0.25) is 0 Å². The lowest BCUT2D eigenvalue weighted by Crippen LogP contribution is -2.49. The number of nitrogens with zero attached hydrogens (tertiary/aromatic N) is 2. The summed E-state index contributed by atoms with van der Waals surface area (Å²) >= 11 is 0. The van der Waals surface area contributed by atoms with E-state index in [9.17, 15) is 4.79 Å². The molecule has 1 aliphatic rings. The highest BCUT2D eigenvalue weighted by Crippen LogP contribution is 2.22. The van der Waals surface area contributed by atoms with E-state index in [-0.39, 0.29) is 5.92 Å². The fourth-order valence-electron chi connectivity index (χ4n) is 2.49. The second kappa shape index (κ2) is 6.05. The molecule has 108 valence electrons. The van der Waals surface area contributed by atoms with Crippen molar-refractivity contribution >= 4 is 11.7 Å². The maximum atomic E-state index is 10.8. The van der Waals surface area contributed by atoms with E-state index in [0.717, 1.165) is 18.5 Å². The van der Waals surface area contributed by atoms with Gasteiger partial charge in [-0.2, -0.15) is 0 Å². The van der Waals surface area contributed by atoms with Crippen molar-refractivity contribution in [2.75, 3.05) is 13.1 Å². The normalized spacial score (nSPS) is 17.0. The Hall–Kier alpha value is -1.88. The van der Waals surface area contributed by atoms with Crippen molar-refractivity contribution in [3.8, 4) is 0 Å². The Bertz CT molecular complexity index is 534. The SMILES string of the molecule is CCc1cc(/C(C)=N/O)ccc1CN1CC(C(=O)O)C1. The van der Waals surface area contributed by atoms with Crippen LogP contribution >= 0.6 is 0 Å². The van der Waals surface area contributed by atoms with E-state index in [1.165, 1.54) is 11.1 Å². The van der Waals surface area contributed by atoms with Crippen LogP contribution in [0.15, 0.2) is 23.4 Å². The third-order valence-corrected chi connectivity index (χ3v) is 3.86. The van der Waals surface area contributed by atoms with Crippen molar-refractivity contribution in [2.45, 2.75) is 26.8 Å². The summed E-state index contributed by atoms with van der Waals surface area (Å²) < 4.78 is 0. The zero-order valence-corrected chi connectivity index (χ0v) is 11.8. The highest BCUT2D eigenvalue weighted by atomic mass is 16.4. The predicted octanol–water partition coefficient (Wildman–Crippen LogP) is 1.96. The minimum Gasteiger partial charge on any atom is -0.481 e. The van der Waals surface area contributed by atoms with Crippen LogP contribution in [0.1, 0.15) is 30.5 Å². The van der Waals surface area contributed by atoms with Gasteiger partial charge in [-0.25, -0.2) is 0 Å². The molecular formula is C15H20N2O3. The zero-order valence-electron chi connectivity index (χ0n) is 11.8. The molecule has 1 aromatic carbocycles. The molecule has 0 atom stereocenters. The summed E-state index contributed by atoms with van der Waals surface area (Å²) in [4.78, 5) is 12.9. The lowest BCUT2D eigenvalue weighted by Gasteiger charge is -2.37. The average molecular weight is 276 g/mol. The Kier molecular flexibility index (Phi) is 4.39. The van der Waals surface area contributed by atoms with Crippen molar-refractivity contribution < 1.29 is 15.1 Å². The first-order chi connectivity index (χ1) is 9.55. The molecule has 0 aliphatic carbocycles. The van der Waals surface area contributed by atoms with Gasteiger partial charge in [0.05, 0.1) is 11.6 Å². The highest BCUT2D eigenvalue weighted by molar-refractivity contribution is 5.98. The molecule has 0 unspecified atom stereocenters. The number of benzene rings is 1. The number of aliphatic carboxylic acids is 1. The van der Waals surface area contributed by atoms with Gasteiger partial charge < -0.3 is 10.3 Å². The van der Waals surface area contributed by atoms with E-state index in [1.807, 2.05) is 18.2 Å². The third kappa shape index (κ3) is 2.99. The number of hydrogen-bond donors (Lipinski definition) is 2. The largest absolute Gasteiger partial charge is 0.481 e. The van der Waals surface area contributed by atoms with E-state index < -0.39 is 5.97 Å². The fourth-order valence-corrected chi connectivity index (χ4v) is 2.49. The van der Waals surface area contributed by atoms with Crippen molar-refractivity contribution in [1.29, 1.82) is 0 Å². The van der Waals surface area contributed by atoms with E-state index in [1.54, 1.807) is 6.92 Å². The summed E-state index contributed by atoms with van der Waals surface area (Å²) in [5.74, 6) is -0.926. The van der Waals surface area contributed by atoms with Crippen molar-refractivity contribution in [2.24, 2.45) is 11.1 Å². The summed E-state index contributed by atoms with van der Waals surface area (Å²) in [6, 6.07) is 6.02. The van der Waals surface area contributed by atoms with Crippen LogP contribution in [0.5, 0.6) is 0 Å². The van der Waals surface area contributed by atoms with Crippen LogP contribution in [-0.2, 0) is 17.8 Å². The second-order valence-electron chi connectivity index (χ2n) is 5.25. The quantitative estimate of drug-likeness (QED) is 0.490. The monoisotopic (exact) mass is 276 g/mol. The number of carbonyl (C=O) groups is 1. The van der Waals surface area contributed by atoms with E-state index in [2.05, 4.69) is 17.0 Å². The van der Waals surface area contributed by atoms with Crippen LogP contribution in [-0.4, -0.2) is 40.0 Å². The third-order valence-electron chi connectivity index (χ3n) is 3.86. The van der Waals surface area contributed by atoms with Gasteiger partial charge in [0.25, 0.3) is 0 Å². The van der Waals surface area contributed by atoms with E-state index in [0.29, 0.717) is 18.8 Å². The number of rotatable bonds is 5. The maximum absolute atomic E-state index is 10.8. The van der Waals surface area contributed by atoms with Gasteiger partial charge in [0.1, 0.15) is 0 Å². The molecule has 2 rings (SSSR count). The van der Waals surface area contributed by atoms with Gasteiger partial charge in [0.15, 0.2) is 0 Å². The van der Waals surface area contributed by atoms with Crippen LogP contribution in [0.4, 0.5) is 0 Å². The van der Waals surface area contributed by atoms with Crippen LogP contribution in [0.2, 0.25) is 0 Å². The van der Waals surface area contributed by atoms with E-state index >= 15 is 0 Å². The Morgan fingerprint density at radius 1 is 1.40 bits per heavy atom. The van der Waals surface area contributed by atoms with Gasteiger partial charge in [-0.3, -0.25) is 9.69 Å². The van der Waals surface area contributed by atoms with Gasteiger partial charge in [-0.15, -0.1) is 0 Å². The molecule has 20 heavy (non-hydrogen) atoms. The standard InChI is InChI=1S/C15H20N2O3/c1-3-11-6-12(10(2)16-20)4-5-13(11)7-17-8-14(9-17)15(18)19/h4-6,14,20H,3,7-9H2,1-2H3,(H,18,19)/b16-10+. The topological polar surface area (TPSA) is 73.1 Å². The van der Waals surface area contributed by atoms with Gasteiger partial charge in [-0.1, -0.05) is 24.2 Å². The fraction of sp³-hybridized carbons (Fsp3) is 0.467. The minimum absolute atomic E-state index is 0.219. The second-order valence-corrected chi connectivity index (χ2v) is 5.25. The summed E-state index contributed by atoms with van der Waals surface area (Å²) in [6.45, 7) is 5.88. The zero-order chi connectivity index (χ0) is 14.7. The molecule has 0 aromatic heterocycles. The van der Waals surface area contributed by atoms with Crippen LogP contribution < -0.4 is 0 Å². The average Bonchev–Trinajstić information content (AvgIpc) is 2.40. The van der Waals surface area contributed by atoms with Gasteiger partial charge in [-0.05, 0) is 36.1 Å². The molecule has 0 radical (unpaired) electrons. The maximum Gasteiger partial charge on any atom is 0.309 e. The Balaban J connectivity index is 2.07. The molecule has 0 spiro atoms.